The second-order valence-corrected chi connectivity index (χ2v) is 6.48. The van der Waals surface area contributed by atoms with E-state index < -0.39 is 0 Å². The molecule has 0 spiro atoms. The maximum atomic E-state index is 11.8. The van der Waals surface area contributed by atoms with E-state index in [0.29, 0.717) is 10.7 Å². The molecule has 0 unspecified atom stereocenters. The Kier molecular flexibility index (Phi) is 3.94. The van der Waals surface area contributed by atoms with Crippen LogP contribution in [0.3, 0.4) is 0 Å². The van der Waals surface area contributed by atoms with Crippen LogP contribution in [0.25, 0.3) is 4.96 Å². The molecule has 0 amide bonds. The predicted molar refractivity (Wildman–Crippen MR) is 84.4 cm³/mol. The molecule has 7 heteroatoms. The molecular formula is C14H13N3O2S2. The molecule has 3 aromatic rings. The smallest absolute Gasteiger partial charge is 0.275 e. The summed E-state index contributed by atoms with van der Waals surface area (Å²) in [7, 11) is 1.65. The lowest BCUT2D eigenvalue weighted by Gasteiger charge is -2.01. The lowest BCUT2D eigenvalue weighted by atomic mass is 10.3. The van der Waals surface area contributed by atoms with Crippen LogP contribution in [0.1, 0.15) is 10.7 Å². The third-order valence-electron chi connectivity index (χ3n) is 2.84. The first kappa shape index (κ1) is 14.1. The third-order valence-corrected chi connectivity index (χ3v) is 4.95. The summed E-state index contributed by atoms with van der Waals surface area (Å²) in [5.41, 5.74) is 0.590. The van der Waals surface area contributed by atoms with Gasteiger partial charge in [0.1, 0.15) is 10.8 Å². The van der Waals surface area contributed by atoms with Gasteiger partial charge >= 0.3 is 0 Å². The van der Waals surface area contributed by atoms with Crippen molar-refractivity contribution in [1.82, 2.24) is 14.6 Å². The van der Waals surface area contributed by atoms with Gasteiger partial charge in [0.15, 0.2) is 0 Å². The van der Waals surface area contributed by atoms with E-state index in [2.05, 4.69) is 10.1 Å². The summed E-state index contributed by atoms with van der Waals surface area (Å²) < 4.78 is 6.49. The van der Waals surface area contributed by atoms with Crippen molar-refractivity contribution in [3.63, 3.8) is 0 Å². The zero-order chi connectivity index (χ0) is 14.8. The van der Waals surface area contributed by atoms with E-state index in [1.807, 2.05) is 31.2 Å². The average Bonchev–Trinajstić information content (AvgIpc) is 2.89. The number of rotatable bonds is 4. The second kappa shape index (κ2) is 5.87. The van der Waals surface area contributed by atoms with E-state index >= 15 is 0 Å². The van der Waals surface area contributed by atoms with Crippen LogP contribution in [0, 0.1) is 6.92 Å². The summed E-state index contributed by atoms with van der Waals surface area (Å²) >= 11 is 3.11. The monoisotopic (exact) mass is 319 g/mol. The minimum atomic E-state index is -0.130. The Hall–Kier alpha value is -1.86. The van der Waals surface area contributed by atoms with Crippen LogP contribution in [0.15, 0.2) is 40.0 Å². The van der Waals surface area contributed by atoms with Gasteiger partial charge in [-0.1, -0.05) is 11.3 Å². The van der Waals surface area contributed by atoms with Gasteiger partial charge in [0.2, 0.25) is 4.96 Å². The van der Waals surface area contributed by atoms with E-state index in [9.17, 15) is 4.79 Å². The van der Waals surface area contributed by atoms with Crippen molar-refractivity contribution in [3.05, 3.63) is 51.4 Å². The molecule has 0 fully saturated rings. The van der Waals surface area contributed by atoms with Crippen molar-refractivity contribution < 1.29 is 4.74 Å². The van der Waals surface area contributed by atoms with Crippen LogP contribution in [0.5, 0.6) is 5.75 Å². The Morgan fingerprint density at radius 3 is 2.81 bits per heavy atom. The standard InChI is InChI=1S/C14H13N3O2S2/c1-9-7-13(18)17-14(15-9)21-12(16-17)8-20-11-5-3-10(19-2)4-6-11/h3-7H,8H2,1-2H3. The summed E-state index contributed by atoms with van der Waals surface area (Å²) in [5.74, 6) is 1.55. The van der Waals surface area contributed by atoms with E-state index in [1.165, 1.54) is 21.9 Å². The number of aromatic nitrogens is 3. The molecule has 1 aromatic carbocycles. The number of hydrogen-bond donors (Lipinski definition) is 0. The van der Waals surface area contributed by atoms with Gasteiger partial charge in [-0.25, -0.2) is 4.98 Å². The molecule has 0 saturated carbocycles. The molecule has 0 N–H and O–H groups in total. The highest BCUT2D eigenvalue weighted by atomic mass is 32.2. The van der Waals surface area contributed by atoms with Crippen LogP contribution in [-0.2, 0) is 5.75 Å². The molecule has 0 aliphatic rings. The van der Waals surface area contributed by atoms with Gasteiger partial charge in [-0.05, 0) is 31.2 Å². The Morgan fingerprint density at radius 1 is 1.33 bits per heavy atom. The van der Waals surface area contributed by atoms with Crippen molar-refractivity contribution in [3.8, 4) is 5.75 Å². The summed E-state index contributed by atoms with van der Waals surface area (Å²) in [6.45, 7) is 1.81. The molecule has 5 nitrogen and oxygen atoms in total. The lowest BCUT2D eigenvalue weighted by Crippen LogP contribution is -2.14. The minimum Gasteiger partial charge on any atom is -0.497 e. The quantitative estimate of drug-likeness (QED) is 0.692. The molecule has 21 heavy (non-hydrogen) atoms. The summed E-state index contributed by atoms with van der Waals surface area (Å²) in [4.78, 5) is 17.9. The zero-order valence-corrected chi connectivity index (χ0v) is 13.2. The highest BCUT2D eigenvalue weighted by Gasteiger charge is 2.08. The van der Waals surface area contributed by atoms with Crippen molar-refractivity contribution in [2.45, 2.75) is 17.6 Å². The van der Waals surface area contributed by atoms with Crippen LogP contribution in [0.4, 0.5) is 0 Å². The predicted octanol–water partition coefficient (Wildman–Crippen LogP) is 2.76. The SMILES string of the molecule is COc1ccc(SCc2nn3c(=O)cc(C)nc3s2)cc1. The topological polar surface area (TPSA) is 56.5 Å². The number of methoxy groups -OCH3 is 1. The van der Waals surface area contributed by atoms with Gasteiger partial charge in [-0.3, -0.25) is 4.79 Å². The molecule has 0 radical (unpaired) electrons. The van der Waals surface area contributed by atoms with Crippen LogP contribution >= 0.6 is 23.1 Å². The number of nitrogens with zero attached hydrogens (tertiary/aromatic N) is 3. The number of hydrogen-bond acceptors (Lipinski definition) is 6. The molecule has 108 valence electrons. The van der Waals surface area contributed by atoms with Crippen LogP contribution in [0.2, 0.25) is 0 Å². The first-order valence-electron chi connectivity index (χ1n) is 6.29. The van der Waals surface area contributed by atoms with Crippen LogP contribution < -0.4 is 10.3 Å². The van der Waals surface area contributed by atoms with E-state index in [0.717, 1.165) is 21.3 Å². The fraction of sp³-hybridized carbons (Fsp3) is 0.214. The third kappa shape index (κ3) is 3.08. The fourth-order valence-electron chi connectivity index (χ4n) is 1.84. The number of benzene rings is 1. The van der Waals surface area contributed by atoms with E-state index in [1.54, 1.807) is 18.9 Å². The second-order valence-electron chi connectivity index (χ2n) is 4.39. The van der Waals surface area contributed by atoms with Crippen molar-refractivity contribution in [2.24, 2.45) is 0 Å². The first-order chi connectivity index (χ1) is 10.2. The summed E-state index contributed by atoms with van der Waals surface area (Å²) in [6, 6.07) is 9.36. The van der Waals surface area contributed by atoms with Gasteiger partial charge in [0.25, 0.3) is 5.56 Å². The number of ether oxygens (including phenoxy) is 1. The van der Waals surface area contributed by atoms with Gasteiger partial charge in [-0.2, -0.15) is 9.61 Å². The number of aryl methyl sites for hydroxylation is 1. The Bertz CT molecular complexity index is 824. The fourth-order valence-corrected chi connectivity index (χ4v) is 3.66. The molecule has 3 rings (SSSR count). The summed E-state index contributed by atoms with van der Waals surface area (Å²) in [6.07, 6.45) is 0. The van der Waals surface area contributed by atoms with Gasteiger partial charge in [-0.15, -0.1) is 11.8 Å². The molecule has 0 bridgehead atoms. The minimum absolute atomic E-state index is 0.130. The highest BCUT2D eigenvalue weighted by Crippen LogP contribution is 2.26. The number of thioether (sulfide) groups is 1. The van der Waals surface area contributed by atoms with Gasteiger partial charge in [0, 0.05) is 16.7 Å². The average molecular weight is 319 g/mol. The Balaban J connectivity index is 1.78. The Morgan fingerprint density at radius 2 is 2.10 bits per heavy atom. The number of fused-ring (bicyclic) bond motifs is 1. The van der Waals surface area contributed by atoms with Crippen molar-refractivity contribution >= 4 is 28.1 Å². The van der Waals surface area contributed by atoms with Gasteiger partial charge < -0.3 is 4.74 Å². The highest BCUT2D eigenvalue weighted by molar-refractivity contribution is 7.98. The van der Waals surface area contributed by atoms with E-state index in [4.69, 9.17) is 4.74 Å². The van der Waals surface area contributed by atoms with Crippen LogP contribution in [-0.4, -0.2) is 21.7 Å². The molecule has 0 aliphatic heterocycles. The maximum Gasteiger partial charge on any atom is 0.275 e. The molecule has 2 aromatic heterocycles. The van der Waals surface area contributed by atoms with Crippen molar-refractivity contribution in [1.29, 1.82) is 0 Å². The van der Waals surface area contributed by atoms with Gasteiger partial charge in [0.05, 0.1) is 12.9 Å². The first-order valence-corrected chi connectivity index (χ1v) is 8.09. The van der Waals surface area contributed by atoms with Crippen molar-refractivity contribution in [2.75, 3.05) is 7.11 Å². The lowest BCUT2D eigenvalue weighted by molar-refractivity contribution is 0.414. The largest absolute Gasteiger partial charge is 0.497 e. The Labute approximate surface area is 129 Å². The normalized spacial score (nSPS) is 11.0. The molecule has 0 saturated heterocycles. The summed E-state index contributed by atoms with van der Waals surface area (Å²) in [5, 5.41) is 5.20. The van der Waals surface area contributed by atoms with E-state index in [-0.39, 0.29) is 5.56 Å². The molecule has 2 heterocycles. The maximum absolute atomic E-state index is 11.8. The molecule has 0 aliphatic carbocycles. The molecular weight excluding hydrogens is 306 g/mol. The zero-order valence-electron chi connectivity index (χ0n) is 11.6. The molecule has 0 atom stereocenters.